The first-order valence-electron chi connectivity index (χ1n) is 11.0. The van der Waals surface area contributed by atoms with Crippen LogP contribution in [0.4, 0.5) is 0 Å². The average molecular weight is 411 g/mol. The number of nitrogens with zero attached hydrogens (tertiary/aromatic N) is 4. The standard InChI is InChI=1S/C26H26N4O/c1-18-6-5-9-22-21(16-29-23(18)22)12-15-30(17-19-10-11-19)26(31)25-24(27-13-14-28-25)20-7-3-2-4-8-20/h2-9,13-14,16,18-19H,10-12,15,17H2,1H3. The Labute approximate surface area is 182 Å². The zero-order valence-electron chi connectivity index (χ0n) is 17.7. The topological polar surface area (TPSA) is 58.5 Å². The van der Waals surface area contributed by atoms with Crippen LogP contribution < -0.4 is 0 Å². The third-order valence-corrected chi connectivity index (χ3v) is 6.14. The summed E-state index contributed by atoms with van der Waals surface area (Å²) in [5.41, 5.74) is 5.56. The molecule has 2 heterocycles. The molecule has 5 heteroatoms. The third kappa shape index (κ3) is 4.13. The summed E-state index contributed by atoms with van der Waals surface area (Å²) in [5, 5.41) is 0. The molecule has 2 aliphatic carbocycles. The number of carbonyl (C=O) groups excluding carboxylic acids is 1. The molecule has 1 aliphatic heterocycles. The molecule has 1 saturated carbocycles. The Morgan fingerprint density at radius 1 is 1.13 bits per heavy atom. The number of allylic oxidation sites excluding steroid dienone is 4. The maximum absolute atomic E-state index is 13.6. The van der Waals surface area contributed by atoms with Gasteiger partial charge in [-0.15, -0.1) is 0 Å². The highest BCUT2D eigenvalue weighted by Gasteiger charge is 2.30. The van der Waals surface area contributed by atoms with Crippen LogP contribution in [0.2, 0.25) is 0 Å². The van der Waals surface area contributed by atoms with Gasteiger partial charge in [0.25, 0.3) is 5.91 Å². The first kappa shape index (κ1) is 19.6. The number of amides is 1. The lowest BCUT2D eigenvalue weighted by Gasteiger charge is -2.24. The summed E-state index contributed by atoms with van der Waals surface area (Å²) >= 11 is 0. The Kier molecular flexibility index (Phi) is 5.33. The van der Waals surface area contributed by atoms with Gasteiger partial charge in [0.2, 0.25) is 0 Å². The van der Waals surface area contributed by atoms with Crippen LogP contribution in [0.25, 0.3) is 11.3 Å². The van der Waals surface area contributed by atoms with Crippen molar-refractivity contribution in [3.63, 3.8) is 0 Å². The fraction of sp³-hybridized carbons (Fsp3) is 0.308. The van der Waals surface area contributed by atoms with Gasteiger partial charge in [0.1, 0.15) is 5.69 Å². The SMILES string of the molecule is CC1C=CC=C2C(CCN(CC3CC3)C(=O)c3nccnc3-c3ccccc3)=CN=C21. The van der Waals surface area contributed by atoms with E-state index in [2.05, 4.69) is 40.1 Å². The highest BCUT2D eigenvalue weighted by atomic mass is 16.2. The molecule has 1 aromatic carbocycles. The van der Waals surface area contributed by atoms with Crippen molar-refractivity contribution in [1.82, 2.24) is 14.9 Å². The normalized spacial score (nSPS) is 19.4. The molecule has 31 heavy (non-hydrogen) atoms. The van der Waals surface area contributed by atoms with Crippen molar-refractivity contribution in [3.8, 4) is 11.3 Å². The second-order valence-electron chi connectivity index (χ2n) is 8.49. The largest absolute Gasteiger partial charge is 0.337 e. The molecule has 0 spiro atoms. The minimum absolute atomic E-state index is 0.0375. The Morgan fingerprint density at radius 3 is 2.74 bits per heavy atom. The number of rotatable bonds is 7. The summed E-state index contributed by atoms with van der Waals surface area (Å²) in [6.07, 6.45) is 14.8. The molecule has 1 amide bonds. The van der Waals surface area contributed by atoms with E-state index in [1.165, 1.54) is 24.0 Å². The zero-order chi connectivity index (χ0) is 21.2. The number of aromatic nitrogens is 2. The van der Waals surface area contributed by atoms with E-state index in [1.807, 2.05) is 41.4 Å². The lowest BCUT2D eigenvalue weighted by atomic mass is 9.89. The van der Waals surface area contributed by atoms with Crippen LogP contribution in [0.15, 0.2) is 83.3 Å². The van der Waals surface area contributed by atoms with Crippen molar-refractivity contribution in [2.45, 2.75) is 26.2 Å². The summed E-state index contributed by atoms with van der Waals surface area (Å²) in [4.78, 5) is 29.1. The molecule has 1 atom stereocenters. The Morgan fingerprint density at radius 2 is 1.94 bits per heavy atom. The van der Waals surface area contributed by atoms with Crippen LogP contribution in [-0.4, -0.2) is 39.6 Å². The lowest BCUT2D eigenvalue weighted by Crippen LogP contribution is -2.35. The van der Waals surface area contributed by atoms with Gasteiger partial charge >= 0.3 is 0 Å². The molecule has 5 rings (SSSR count). The van der Waals surface area contributed by atoms with Crippen molar-refractivity contribution < 1.29 is 4.79 Å². The van der Waals surface area contributed by atoms with E-state index in [0.29, 0.717) is 29.8 Å². The summed E-state index contributed by atoms with van der Waals surface area (Å²) in [5.74, 6) is 0.900. The quantitative estimate of drug-likeness (QED) is 0.655. The number of hydrogen-bond donors (Lipinski definition) is 0. The Bertz CT molecular complexity index is 1110. The second kappa shape index (κ2) is 8.42. The lowest BCUT2D eigenvalue weighted by molar-refractivity contribution is 0.0744. The fourth-order valence-electron chi connectivity index (χ4n) is 4.21. The van der Waals surface area contributed by atoms with Gasteiger partial charge in [0.05, 0.1) is 5.71 Å². The molecule has 0 radical (unpaired) electrons. The van der Waals surface area contributed by atoms with Gasteiger partial charge in [-0.2, -0.15) is 0 Å². The highest BCUT2D eigenvalue weighted by molar-refractivity contribution is 6.09. The fourth-order valence-corrected chi connectivity index (χ4v) is 4.21. The minimum atomic E-state index is -0.0375. The van der Waals surface area contributed by atoms with Gasteiger partial charge < -0.3 is 4.90 Å². The van der Waals surface area contributed by atoms with Crippen molar-refractivity contribution >= 4 is 11.6 Å². The second-order valence-corrected chi connectivity index (χ2v) is 8.49. The molecule has 0 bridgehead atoms. The molecule has 1 aromatic heterocycles. The van der Waals surface area contributed by atoms with Gasteiger partial charge in [-0.3, -0.25) is 14.8 Å². The highest BCUT2D eigenvalue weighted by Crippen LogP contribution is 2.33. The van der Waals surface area contributed by atoms with Gasteiger partial charge in [-0.1, -0.05) is 55.5 Å². The van der Waals surface area contributed by atoms with Gasteiger partial charge in [-0.25, -0.2) is 4.98 Å². The Balaban J connectivity index is 1.36. The molecule has 3 aliphatic rings. The van der Waals surface area contributed by atoms with Gasteiger partial charge in [-0.05, 0) is 30.8 Å². The predicted octanol–water partition coefficient (Wildman–Crippen LogP) is 4.86. The van der Waals surface area contributed by atoms with E-state index in [4.69, 9.17) is 0 Å². The van der Waals surface area contributed by atoms with Crippen molar-refractivity contribution in [2.75, 3.05) is 13.1 Å². The molecule has 0 N–H and O–H groups in total. The molecular formula is C26H26N4O. The van der Waals surface area contributed by atoms with Crippen LogP contribution >= 0.6 is 0 Å². The molecule has 156 valence electrons. The van der Waals surface area contributed by atoms with Crippen molar-refractivity contribution in [2.24, 2.45) is 16.8 Å². The summed E-state index contributed by atoms with van der Waals surface area (Å²) in [6.45, 7) is 3.60. The summed E-state index contributed by atoms with van der Waals surface area (Å²) in [7, 11) is 0. The zero-order valence-corrected chi connectivity index (χ0v) is 17.7. The molecule has 0 saturated heterocycles. The Hall–Kier alpha value is -3.34. The first-order valence-corrected chi connectivity index (χ1v) is 11.0. The van der Waals surface area contributed by atoms with Crippen LogP contribution in [0, 0.1) is 11.8 Å². The van der Waals surface area contributed by atoms with E-state index in [9.17, 15) is 4.79 Å². The average Bonchev–Trinajstić information content (AvgIpc) is 3.54. The molecule has 2 aromatic rings. The van der Waals surface area contributed by atoms with E-state index < -0.39 is 0 Å². The number of carbonyl (C=O) groups is 1. The van der Waals surface area contributed by atoms with Crippen molar-refractivity contribution in [3.05, 3.63) is 84.0 Å². The van der Waals surface area contributed by atoms with Crippen molar-refractivity contribution in [1.29, 1.82) is 0 Å². The number of benzene rings is 1. The smallest absolute Gasteiger partial charge is 0.274 e. The van der Waals surface area contributed by atoms with Gasteiger partial charge in [0, 0.05) is 48.7 Å². The maximum Gasteiger partial charge on any atom is 0.274 e. The van der Waals surface area contributed by atoms with Crippen LogP contribution in [0.3, 0.4) is 0 Å². The third-order valence-electron chi connectivity index (χ3n) is 6.14. The molecule has 5 nitrogen and oxygen atoms in total. The van der Waals surface area contributed by atoms with E-state index >= 15 is 0 Å². The molecular weight excluding hydrogens is 384 g/mol. The minimum Gasteiger partial charge on any atom is -0.337 e. The number of fused-ring (bicyclic) bond motifs is 1. The monoisotopic (exact) mass is 410 g/mol. The molecule has 1 unspecified atom stereocenters. The van der Waals surface area contributed by atoms with Crippen LogP contribution in [0.1, 0.15) is 36.7 Å². The predicted molar refractivity (Wildman–Crippen MR) is 123 cm³/mol. The summed E-state index contributed by atoms with van der Waals surface area (Å²) in [6, 6.07) is 9.81. The number of aliphatic imine (C=N–C) groups is 1. The first-order chi connectivity index (χ1) is 15.2. The molecule has 1 fully saturated rings. The van der Waals surface area contributed by atoms with Gasteiger partial charge in [0.15, 0.2) is 5.69 Å². The van der Waals surface area contributed by atoms with E-state index in [1.54, 1.807) is 12.4 Å². The number of hydrogen-bond acceptors (Lipinski definition) is 4. The van der Waals surface area contributed by atoms with Crippen LogP contribution in [0.5, 0.6) is 0 Å². The summed E-state index contributed by atoms with van der Waals surface area (Å²) < 4.78 is 0. The van der Waals surface area contributed by atoms with E-state index in [0.717, 1.165) is 24.2 Å². The van der Waals surface area contributed by atoms with Crippen LogP contribution in [-0.2, 0) is 0 Å². The van der Waals surface area contributed by atoms with E-state index in [-0.39, 0.29) is 5.91 Å². The maximum atomic E-state index is 13.6.